The van der Waals surface area contributed by atoms with Crippen molar-refractivity contribution in [1.29, 1.82) is 0 Å². The largest absolute Gasteiger partial charge is 0.477 e. The van der Waals surface area contributed by atoms with Crippen LogP contribution in [0, 0.1) is 17.0 Å². The van der Waals surface area contributed by atoms with Gasteiger partial charge in [-0.25, -0.2) is 9.78 Å². The highest BCUT2D eigenvalue weighted by Crippen LogP contribution is 2.14. The number of hydrogen-bond acceptors (Lipinski definition) is 5. The van der Waals surface area contributed by atoms with Gasteiger partial charge in [0.1, 0.15) is 11.9 Å². The van der Waals surface area contributed by atoms with Crippen molar-refractivity contribution in [3.63, 3.8) is 0 Å². The minimum atomic E-state index is -1.36. The maximum absolute atomic E-state index is 12.1. The third-order valence-electron chi connectivity index (χ3n) is 2.71. The number of hydrogen-bond donors (Lipinski definition) is 1. The Balaban J connectivity index is 2.59. The van der Waals surface area contributed by atoms with Crippen LogP contribution in [0.15, 0.2) is 35.4 Å². The highest BCUT2D eigenvalue weighted by molar-refractivity contribution is 5.88. The summed E-state index contributed by atoms with van der Waals surface area (Å²) < 4.78 is 1.03. The first kappa shape index (κ1) is 13.4. The second-order valence-electron chi connectivity index (χ2n) is 3.96. The molecule has 0 radical (unpaired) electrons. The maximum atomic E-state index is 12.1. The summed E-state index contributed by atoms with van der Waals surface area (Å²) >= 11 is 0. The SMILES string of the molecule is Cc1ncn(-c2ccc([N+](=O)[O-])cc2)c(=O)c1C(=O)O. The molecule has 0 bridgehead atoms. The minimum Gasteiger partial charge on any atom is -0.477 e. The molecule has 0 unspecified atom stereocenters. The van der Waals surface area contributed by atoms with Gasteiger partial charge in [0.25, 0.3) is 11.2 Å². The second-order valence-corrected chi connectivity index (χ2v) is 3.96. The Labute approximate surface area is 112 Å². The second kappa shape index (κ2) is 4.92. The first-order valence-corrected chi connectivity index (χ1v) is 5.48. The molecule has 0 amide bonds. The molecule has 20 heavy (non-hydrogen) atoms. The van der Waals surface area contributed by atoms with Crippen LogP contribution >= 0.6 is 0 Å². The van der Waals surface area contributed by atoms with E-state index < -0.39 is 22.0 Å². The molecule has 0 spiro atoms. The number of nitro benzene ring substituents is 1. The summed E-state index contributed by atoms with van der Waals surface area (Å²) in [6.07, 6.45) is 1.19. The molecule has 1 heterocycles. The molecule has 1 N–H and O–H groups in total. The summed E-state index contributed by atoms with van der Waals surface area (Å²) in [6, 6.07) is 5.15. The fraction of sp³-hybridized carbons (Fsp3) is 0.0833. The smallest absolute Gasteiger partial charge is 0.343 e. The molecule has 2 aromatic rings. The standard InChI is InChI=1S/C12H9N3O5/c1-7-10(12(17)18)11(16)14(6-13-7)8-2-4-9(5-3-8)15(19)20/h2-6H,1H3,(H,17,18). The van der Waals surface area contributed by atoms with Gasteiger partial charge in [0, 0.05) is 12.1 Å². The van der Waals surface area contributed by atoms with E-state index in [9.17, 15) is 19.7 Å². The van der Waals surface area contributed by atoms with Gasteiger partial charge in [-0.3, -0.25) is 19.5 Å². The van der Waals surface area contributed by atoms with Crippen molar-refractivity contribution >= 4 is 11.7 Å². The molecule has 0 aliphatic heterocycles. The van der Waals surface area contributed by atoms with Gasteiger partial charge in [0.2, 0.25) is 0 Å². The molecule has 0 aliphatic carbocycles. The summed E-state index contributed by atoms with van der Waals surface area (Å²) in [5.41, 5.74) is -0.874. The molecule has 0 saturated carbocycles. The number of benzene rings is 1. The van der Waals surface area contributed by atoms with Gasteiger partial charge in [-0.2, -0.15) is 0 Å². The molecular formula is C12H9N3O5. The van der Waals surface area contributed by atoms with Crippen LogP contribution in [-0.4, -0.2) is 25.6 Å². The van der Waals surface area contributed by atoms with E-state index >= 15 is 0 Å². The van der Waals surface area contributed by atoms with Gasteiger partial charge < -0.3 is 5.11 Å². The van der Waals surface area contributed by atoms with E-state index in [1.807, 2.05) is 0 Å². The van der Waals surface area contributed by atoms with Crippen LogP contribution in [0.25, 0.3) is 5.69 Å². The monoisotopic (exact) mass is 275 g/mol. The Hall–Kier alpha value is -3.03. The molecule has 0 atom stereocenters. The molecule has 0 fully saturated rings. The van der Waals surface area contributed by atoms with Crippen LogP contribution in [0.3, 0.4) is 0 Å². The lowest BCUT2D eigenvalue weighted by molar-refractivity contribution is -0.384. The van der Waals surface area contributed by atoms with Crippen LogP contribution in [-0.2, 0) is 0 Å². The van der Waals surface area contributed by atoms with E-state index in [1.54, 1.807) is 0 Å². The van der Waals surface area contributed by atoms with Crippen molar-refractivity contribution in [1.82, 2.24) is 9.55 Å². The van der Waals surface area contributed by atoms with Gasteiger partial charge in [-0.1, -0.05) is 0 Å². The van der Waals surface area contributed by atoms with Gasteiger partial charge in [-0.05, 0) is 19.1 Å². The molecule has 102 valence electrons. The number of non-ortho nitro benzene ring substituents is 1. The fourth-order valence-electron chi connectivity index (χ4n) is 1.70. The van der Waals surface area contributed by atoms with E-state index in [0.717, 1.165) is 4.57 Å². The Kier molecular flexibility index (Phi) is 3.30. The number of carboxylic acids is 1. The predicted molar refractivity (Wildman–Crippen MR) is 68.2 cm³/mol. The maximum Gasteiger partial charge on any atom is 0.343 e. The number of carboxylic acid groups (broad SMARTS) is 1. The van der Waals surface area contributed by atoms with Crippen LogP contribution in [0.1, 0.15) is 16.1 Å². The zero-order chi connectivity index (χ0) is 14.9. The highest BCUT2D eigenvalue weighted by Gasteiger charge is 2.16. The molecule has 1 aromatic heterocycles. The Morgan fingerprint density at radius 2 is 1.95 bits per heavy atom. The number of aryl methyl sites for hydroxylation is 1. The average molecular weight is 275 g/mol. The van der Waals surface area contributed by atoms with Crippen molar-refractivity contribution in [2.24, 2.45) is 0 Å². The first-order valence-electron chi connectivity index (χ1n) is 5.48. The Bertz CT molecular complexity index is 749. The van der Waals surface area contributed by atoms with Gasteiger partial charge in [0.15, 0.2) is 0 Å². The van der Waals surface area contributed by atoms with Crippen molar-refractivity contribution in [3.8, 4) is 5.69 Å². The van der Waals surface area contributed by atoms with Crippen molar-refractivity contribution < 1.29 is 14.8 Å². The number of nitro groups is 1. The first-order chi connectivity index (χ1) is 9.41. The lowest BCUT2D eigenvalue weighted by Crippen LogP contribution is -2.27. The molecule has 8 nitrogen and oxygen atoms in total. The molecular weight excluding hydrogens is 266 g/mol. The number of carbonyl (C=O) groups is 1. The van der Waals surface area contributed by atoms with E-state index in [1.165, 1.54) is 37.5 Å². The van der Waals surface area contributed by atoms with Crippen LogP contribution in [0.2, 0.25) is 0 Å². The molecule has 2 rings (SSSR count). The number of nitrogens with zero attached hydrogens (tertiary/aromatic N) is 3. The van der Waals surface area contributed by atoms with E-state index in [4.69, 9.17) is 5.11 Å². The molecule has 0 aliphatic rings. The topological polar surface area (TPSA) is 115 Å². The number of aromatic nitrogens is 2. The normalized spacial score (nSPS) is 10.2. The van der Waals surface area contributed by atoms with Crippen LogP contribution < -0.4 is 5.56 Å². The number of rotatable bonds is 3. The van der Waals surface area contributed by atoms with E-state index in [0.29, 0.717) is 5.69 Å². The molecule has 0 saturated heterocycles. The van der Waals surface area contributed by atoms with E-state index in [-0.39, 0.29) is 11.4 Å². The van der Waals surface area contributed by atoms with Gasteiger partial charge in [0.05, 0.1) is 16.3 Å². The lowest BCUT2D eigenvalue weighted by atomic mass is 10.2. The molecule has 1 aromatic carbocycles. The van der Waals surface area contributed by atoms with Crippen molar-refractivity contribution in [2.45, 2.75) is 6.92 Å². The van der Waals surface area contributed by atoms with Gasteiger partial charge >= 0.3 is 5.97 Å². The summed E-state index contributed by atoms with van der Waals surface area (Å²) in [5.74, 6) is -1.36. The minimum absolute atomic E-state index is 0.112. The summed E-state index contributed by atoms with van der Waals surface area (Å²) in [4.78, 5) is 36.9. The van der Waals surface area contributed by atoms with Crippen molar-refractivity contribution in [3.05, 3.63) is 62.3 Å². The van der Waals surface area contributed by atoms with Crippen LogP contribution in [0.5, 0.6) is 0 Å². The third kappa shape index (κ3) is 2.26. The third-order valence-corrected chi connectivity index (χ3v) is 2.71. The fourth-order valence-corrected chi connectivity index (χ4v) is 1.70. The Morgan fingerprint density at radius 3 is 2.45 bits per heavy atom. The zero-order valence-corrected chi connectivity index (χ0v) is 10.3. The Morgan fingerprint density at radius 1 is 1.35 bits per heavy atom. The average Bonchev–Trinajstić information content (AvgIpc) is 2.38. The molecule has 8 heteroatoms. The summed E-state index contributed by atoms with van der Waals surface area (Å²) in [7, 11) is 0. The predicted octanol–water partition coefficient (Wildman–Crippen LogP) is 1.15. The summed E-state index contributed by atoms with van der Waals surface area (Å²) in [5, 5.41) is 19.5. The van der Waals surface area contributed by atoms with E-state index in [2.05, 4.69) is 4.98 Å². The number of aromatic carboxylic acids is 1. The summed E-state index contributed by atoms with van der Waals surface area (Å²) in [6.45, 7) is 1.42. The zero-order valence-electron chi connectivity index (χ0n) is 10.3. The van der Waals surface area contributed by atoms with Crippen molar-refractivity contribution in [2.75, 3.05) is 0 Å². The quantitative estimate of drug-likeness (QED) is 0.663. The van der Waals surface area contributed by atoms with Gasteiger partial charge in [-0.15, -0.1) is 0 Å². The van der Waals surface area contributed by atoms with Crippen LogP contribution in [0.4, 0.5) is 5.69 Å². The lowest BCUT2D eigenvalue weighted by Gasteiger charge is -2.07. The highest BCUT2D eigenvalue weighted by atomic mass is 16.6.